The average molecular weight is 306 g/mol. The molecule has 0 aromatic carbocycles. The van der Waals surface area contributed by atoms with E-state index in [-0.39, 0.29) is 6.61 Å². The fraction of sp³-hybridized carbons (Fsp3) is 0.667. The van der Waals surface area contributed by atoms with Crippen molar-refractivity contribution in [3.05, 3.63) is 21.9 Å². The van der Waals surface area contributed by atoms with Crippen LogP contribution in [-0.4, -0.2) is 17.8 Å². The Hall–Kier alpha value is -0.820. The highest BCUT2D eigenvalue weighted by Crippen LogP contribution is 2.36. The molecule has 0 saturated heterocycles. The molecule has 0 aliphatic heterocycles. The molecule has 3 atom stereocenters. The van der Waals surface area contributed by atoms with E-state index in [1.807, 2.05) is 11.4 Å². The van der Waals surface area contributed by atoms with Crippen molar-refractivity contribution in [2.45, 2.75) is 52.7 Å². The normalized spacial score (nSPS) is 25.7. The van der Waals surface area contributed by atoms with Gasteiger partial charge in [-0.25, -0.2) is 0 Å². The highest BCUT2D eigenvalue weighted by molar-refractivity contribution is 7.10. The molecule has 0 spiro atoms. The lowest BCUT2D eigenvalue weighted by atomic mass is 9.75. The minimum atomic E-state index is -0.0916. The lowest BCUT2D eigenvalue weighted by Gasteiger charge is -2.37. The zero-order valence-electron chi connectivity index (χ0n) is 13.3. The summed E-state index contributed by atoms with van der Waals surface area (Å²) in [5, 5.41) is 10.9. The molecule has 2 nitrogen and oxygen atoms in total. The van der Waals surface area contributed by atoms with Gasteiger partial charge in [-0.15, -0.1) is 11.3 Å². The van der Waals surface area contributed by atoms with Crippen molar-refractivity contribution >= 4 is 11.3 Å². The third-order valence-electron chi connectivity index (χ3n) is 4.44. The predicted octanol–water partition coefficient (Wildman–Crippen LogP) is 4.07. The van der Waals surface area contributed by atoms with Crippen LogP contribution in [0.5, 0.6) is 0 Å². The van der Waals surface area contributed by atoms with Gasteiger partial charge in [-0.3, -0.25) is 0 Å². The minimum absolute atomic E-state index is 0.0916. The predicted molar refractivity (Wildman–Crippen MR) is 88.2 cm³/mol. The first-order valence-electron chi connectivity index (χ1n) is 7.89. The van der Waals surface area contributed by atoms with Gasteiger partial charge in [-0.2, -0.15) is 0 Å². The van der Waals surface area contributed by atoms with Crippen LogP contribution in [-0.2, 0) is 11.3 Å². The molecule has 0 amide bonds. The molecule has 1 fully saturated rings. The second-order valence-electron chi connectivity index (χ2n) is 6.39. The Morgan fingerprint density at radius 2 is 2.24 bits per heavy atom. The number of ether oxygens (including phenoxy) is 1. The maximum Gasteiger partial charge on any atom is 0.104 e. The first-order valence-corrected chi connectivity index (χ1v) is 8.77. The van der Waals surface area contributed by atoms with Gasteiger partial charge in [0.2, 0.25) is 0 Å². The Balaban J connectivity index is 1.99. The van der Waals surface area contributed by atoms with E-state index < -0.39 is 0 Å². The van der Waals surface area contributed by atoms with Crippen LogP contribution in [0.2, 0.25) is 0 Å². The molecule has 1 aliphatic carbocycles. The van der Waals surface area contributed by atoms with Gasteiger partial charge in [0.25, 0.3) is 0 Å². The van der Waals surface area contributed by atoms with Crippen molar-refractivity contribution in [2.24, 2.45) is 17.8 Å². The molecule has 0 radical (unpaired) electrons. The van der Waals surface area contributed by atoms with E-state index in [4.69, 9.17) is 9.84 Å². The number of hydrogen-bond donors (Lipinski definition) is 1. The van der Waals surface area contributed by atoms with Gasteiger partial charge in [0, 0.05) is 10.4 Å². The molecule has 1 aromatic heterocycles. The smallest absolute Gasteiger partial charge is 0.104 e. The Bertz CT molecular complexity index is 495. The summed E-state index contributed by atoms with van der Waals surface area (Å²) in [6.07, 6.45) is 4.15. The van der Waals surface area contributed by atoms with Crippen molar-refractivity contribution in [2.75, 3.05) is 6.61 Å². The second-order valence-corrected chi connectivity index (χ2v) is 7.39. The molecule has 1 heterocycles. The molecule has 3 unspecified atom stereocenters. The van der Waals surface area contributed by atoms with Gasteiger partial charge in [0.05, 0.1) is 12.7 Å². The van der Waals surface area contributed by atoms with Crippen LogP contribution in [0.4, 0.5) is 0 Å². The van der Waals surface area contributed by atoms with Gasteiger partial charge in [-0.05, 0) is 42.0 Å². The van der Waals surface area contributed by atoms with Crippen molar-refractivity contribution in [1.82, 2.24) is 0 Å². The van der Waals surface area contributed by atoms with E-state index >= 15 is 0 Å². The van der Waals surface area contributed by atoms with Crippen LogP contribution in [0.15, 0.2) is 11.4 Å². The Morgan fingerprint density at radius 1 is 1.43 bits per heavy atom. The van der Waals surface area contributed by atoms with Gasteiger partial charge >= 0.3 is 0 Å². The number of thiophene rings is 1. The van der Waals surface area contributed by atoms with E-state index in [1.165, 1.54) is 24.1 Å². The summed E-state index contributed by atoms with van der Waals surface area (Å²) in [5.74, 6) is 7.84. The van der Waals surface area contributed by atoms with Crippen molar-refractivity contribution in [1.29, 1.82) is 0 Å². The standard InChI is InChI=1S/C18H26O2S/c1-13(2)16-7-6-14(3)11-17(16)20-12-18-15(5-4-9-19)8-10-21-18/h8,10,13-14,16-17,19H,6-7,9,11-12H2,1-3H3. The highest BCUT2D eigenvalue weighted by atomic mass is 32.1. The van der Waals surface area contributed by atoms with Crippen LogP contribution in [0.3, 0.4) is 0 Å². The highest BCUT2D eigenvalue weighted by Gasteiger charge is 2.31. The quantitative estimate of drug-likeness (QED) is 0.850. The molecule has 1 aliphatic rings. The largest absolute Gasteiger partial charge is 0.384 e. The van der Waals surface area contributed by atoms with Gasteiger partial charge < -0.3 is 9.84 Å². The number of aliphatic hydroxyl groups excluding tert-OH is 1. The summed E-state index contributed by atoms with van der Waals surface area (Å²) in [7, 11) is 0. The summed E-state index contributed by atoms with van der Waals surface area (Å²) in [5.41, 5.74) is 0.999. The van der Waals surface area contributed by atoms with Crippen LogP contribution in [0.25, 0.3) is 0 Å². The monoisotopic (exact) mass is 306 g/mol. The fourth-order valence-corrected chi connectivity index (χ4v) is 3.94. The summed E-state index contributed by atoms with van der Waals surface area (Å²) in [6.45, 7) is 7.50. The molecule has 1 saturated carbocycles. The lowest BCUT2D eigenvalue weighted by Crippen LogP contribution is -2.34. The molecule has 21 heavy (non-hydrogen) atoms. The number of rotatable bonds is 4. The topological polar surface area (TPSA) is 29.5 Å². The first-order chi connectivity index (χ1) is 10.1. The SMILES string of the molecule is CC1CCC(C(C)C)C(OCc2sccc2C#CCO)C1. The molecule has 1 aromatic rings. The second kappa shape index (κ2) is 7.98. The van der Waals surface area contributed by atoms with Crippen LogP contribution < -0.4 is 0 Å². The molecule has 0 bridgehead atoms. The van der Waals surface area contributed by atoms with Gasteiger partial charge in [0.15, 0.2) is 0 Å². The van der Waals surface area contributed by atoms with Crippen LogP contribution in [0, 0.1) is 29.6 Å². The molecule has 2 rings (SSSR count). The summed E-state index contributed by atoms with van der Waals surface area (Å²) in [4.78, 5) is 1.18. The molecule has 1 N–H and O–H groups in total. The maximum absolute atomic E-state index is 8.81. The maximum atomic E-state index is 8.81. The third-order valence-corrected chi connectivity index (χ3v) is 5.33. The zero-order valence-corrected chi connectivity index (χ0v) is 14.1. The third kappa shape index (κ3) is 4.57. The van der Waals surface area contributed by atoms with Crippen molar-refractivity contribution < 1.29 is 9.84 Å². The Morgan fingerprint density at radius 3 is 2.95 bits per heavy atom. The van der Waals surface area contributed by atoms with Crippen molar-refractivity contribution in [3.8, 4) is 11.8 Å². The molecule has 3 heteroatoms. The van der Waals surface area contributed by atoms with Crippen LogP contribution in [0.1, 0.15) is 50.5 Å². The van der Waals surface area contributed by atoms with E-state index in [0.29, 0.717) is 24.5 Å². The van der Waals surface area contributed by atoms with Gasteiger partial charge in [-0.1, -0.05) is 39.0 Å². The Labute approximate surface area is 132 Å². The molecular weight excluding hydrogens is 280 g/mol. The summed E-state index contributed by atoms with van der Waals surface area (Å²) in [6, 6.07) is 2.01. The van der Waals surface area contributed by atoms with E-state index in [1.54, 1.807) is 11.3 Å². The summed E-state index contributed by atoms with van der Waals surface area (Å²) >= 11 is 1.69. The Kier molecular flexibility index (Phi) is 6.29. The van der Waals surface area contributed by atoms with Gasteiger partial charge in [0.1, 0.15) is 6.61 Å². The van der Waals surface area contributed by atoms with Crippen LogP contribution >= 0.6 is 11.3 Å². The summed E-state index contributed by atoms with van der Waals surface area (Å²) < 4.78 is 6.27. The minimum Gasteiger partial charge on any atom is -0.384 e. The van der Waals surface area contributed by atoms with E-state index in [0.717, 1.165) is 11.5 Å². The zero-order chi connectivity index (χ0) is 15.2. The van der Waals surface area contributed by atoms with E-state index in [9.17, 15) is 0 Å². The van der Waals surface area contributed by atoms with E-state index in [2.05, 4.69) is 32.6 Å². The number of hydrogen-bond acceptors (Lipinski definition) is 3. The molecular formula is C18H26O2S. The first kappa shape index (κ1) is 16.5. The number of aliphatic hydroxyl groups is 1. The molecule has 116 valence electrons. The average Bonchev–Trinajstić information content (AvgIpc) is 2.90. The lowest BCUT2D eigenvalue weighted by molar-refractivity contribution is -0.0464. The van der Waals surface area contributed by atoms with Crippen molar-refractivity contribution in [3.63, 3.8) is 0 Å². The fourth-order valence-electron chi connectivity index (χ4n) is 3.19.